The number of ether oxygens (including phenoxy) is 3. The predicted molar refractivity (Wildman–Crippen MR) is 78.4 cm³/mol. The smallest absolute Gasteiger partial charge is 0.189 e. The Balaban J connectivity index is 2.23. The molecule has 5 heteroatoms. The van der Waals surface area contributed by atoms with E-state index in [0.717, 1.165) is 5.56 Å². The molecule has 0 amide bonds. The molecule has 0 spiro atoms. The second-order valence-corrected chi connectivity index (χ2v) is 4.34. The lowest BCUT2D eigenvalue weighted by Gasteiger charge is -2.10. The molecule has 0 saturated carbocycles. The van der Waals surface area contributed by atoms with E-state index in [1.54, 1.807) is 44.7 Å². The van der Waals surface area contributed by atoms with Gasteiger partial charge in [-0.1, -0.05) is 6.07 Å². The number of carbonyl (C=O) groups is 1. The summed E-state index contributed by atoms with van der Waals surface area (Å²) in [5.41, 5.74) is 1.15. The summed E-state index contributed by atoms with van der Waals surface area (Å²) in [6, 6.07) is 8.83. The summed E-state index contributed by atoms with van der Waals surface area (Å²) in [6.07, 6.45) is 1.79. The third-order valence-corrected chi connectivity index (χ3v) is 3.07. The minimum Gasteiger partial charge on any atom is -0.494 e. The number of methoxy groups -OCH3 is 3. The number of Topliss-reactive ketones (excluding diaryl/α,β-unsaturated/α-hetero) is 1. The second kappa shape index (κ2) is 6.74. The van der Waals surface area contributed by atoms with Gasteiger partial charge in [-0.15, -0.1) is 0 Å². The molecule has 0 N–H and O–H groups in total. The van der Waals surface area contributed by atoms with Crippen LogP contribution in [0.15, 0.2) is 36.5 Å². The maximum absolute atomic E-state index is 12.3. The van der Waals surface area contributed by atoms with Crippen LogP contribution in [0.25, 0.3) is 0 Å². The number of benzene rings is 1. The van der Waals surface area contributed by atoms with Gasteiger partial charge in [0.15, 0.2) is 17.3 Å². The summed E-state index contributed by atoms with van der Waals surface area (Å²) in [6.45, 7) is 0. The van der Waals surface area contributed by atoms with Gasteiger partial charge in [0.1, 0.15) is 11.4 Å². The fraction of sp³-hybridized carbons (Fsp3) is 0.250. The van der Waals surface area contributed by atoms with Crippen LogP contribution < -0.4 is 14.2 Å². The van der Waals surface area contributed by atoms with Gasteiger partial charge < -0.3 is 14.2 Å². The Morgan fingerprint density at radius 3 is 2.38 bits per heavy atom. The van der Waals surface area contributed by atoms with Crippen molar-refractivity contribution in [3.63, 3.8) is 0 Å². The summed E-state index contributed by atoms with van der Waals surface area (Å²) in [5, 5.41) is 0. The topological polar surface area (TPSA) is 57.7 Å². The third-order valence-electron chi connectivity index (χ3n) is 3.07. The zero-order valence-corrected chi connectivity index (χ0v) is 12.3. The SMILES string of the molecule is COc1ccc(CC(=O)c2ncccc2OC)cc1OC. The van der Waals surface area contributed by atoms with E-state index in [9.17, 15) is 4.79 Å². The van der Waals surface area contributed by atoms with Crippen molar-refractivity contribution in [2.24, 2.45) is 0 Å². The predicted octanol–water partition coefficient (Wildman–Crippen LogP) is 2.53. The summed E-state index contributed by atoms with van der Waals surface area (Å²) in [5.74, 6) is 1.59. The summed E-state index contributed by atoms with van der Waals surface area (Å²) in [4.78, 5) is 16.4. The van der Waals surface area contributed by atoms with Crippen LogP contribution in [0, 0.1) is 0 Å². The minimum absolute atomic E-state index is 0.111. The van der Waals surface area contributed by atoms with Crippen LogP contribution in [-0.4, -0.2) is 32.1 Å². The molecule has 21 heavy (non-hydrogen) atoms. The zero-order valence-electron chi connectivity index (χ0n) is 12.3. The highest BCUT2D eigenvalue weighted by Crippen LogP contribution is 2.28. The van der Waals surface area contributed by atoms with Crippen molar-refractivity contribution >= 4 is 5.78 Å². The molecule has 2 rings (SSSR count). The lowest BCUT2D eigenvalue weighted by Crippen LogP contribution is -2.08. The maximum atomic E-state index is 12.3. The van der Waals surface area contributed by atoms with Gasteiger partial charge in [-0.3, -0.25) is 4.79 Å². The monoisotopic (exact) mass is 287 g/mol. The molecule has 2 aromatic rings. The van der Waals surface area contributed by atoms with Crippen LogP contribution >= 0.6 is 0 Å². The maximum Gasteiger partial charge on any atom is 0.189 e. The van der Waals surface area contributed by atoms with Gasteiger partial charge in [-0.2, -0.15) is 0 Å². The quantitative estimate of drug-likeness (QED) is 0.764. The molecule has 5 nitrogen and oxygen atoms in total. The number of hydrogen-bond donors (Lipinski definition) is 0. The number of aromatic nitrogens is 1. The van der Waals surface area contributed by atoms with Gasteiger partial charge in [0.25, 0.3) is 0 Å². The largest absolute Gasteiger partial charge is 0.494 e. The van der Waals surface area contributed by atoms with E-state index in [-0.39, 0.29) is 12.2 Å². The van der Waals surface area contributed by atoms with E-state index in [1.807, 2.05) is 6.07 Å². The molecule has 0 atom stereocenters. The number of ketones is 1. The van der Waals surface area contributed by atoms with Crippen molar-refractivity contribution in [2.45, 2.75) is 6.42 Å². The Bertz CT molecular complexity index is 640. The van der Waals surface area contributed by atoms with Gasteiger partial charge in [0.2, 0.25) is 0 Å². The van der Waals surface area contributed by atoms with Crippen LogP contribution in [0.3, 0.4) is 0 Å². The van der Waals surface area contributed by atoms with Gasteiger partial charge in [0.05, 0.1) is 21.3 Å². The van der Waals surface area contributed by atoms with Crippen molar-refractivity contribution in [2.75, 3.05) is 21.3 Å². The summed E-state index contributed by atoms with van der Waals surface area (Å²) < 4.78 is 15.6. The molecular formula is C16H17NO4. The Morgan fingerprint density at radius 1 is 1.00 bits per heavy atom. The standard InChI is InChI=1S/C16H17NO4/c1-19-13-7-6-11(10-15(13)21-3)9-12(18)16-14(20-2)5-4-8-17-16/h4-8,10H,9H2,1-3H3. The molecule has 0 bridgehead atoms. The van der Waals surface area contributed by atoms with Crippen LogP contribution in [-0.2, 0) is 6.42 Å². The normalized spacial score (nSPS) is 10.0. The molecule has 1 heterocycles. The number of carbonyl (C=O) groups excluding carboxylic acids is 1. The molecule has 0 saturated heterocycles. The molecule has 0 unspecified atom stereocenters. The average Bonchev–Trinajstić information content (AvgIpc) is 2.54. The van der Waals surface area contributed by atoms with Crippen LogP contribution in [0.1, 0.15) is 16.1 Å². The van der Waals surface area contributed by atoms with Crippen molar-refractivity contribution in [3.8, 4) is 17.2 Å². The first-order chi connectivity index (χ1) is 10.2. The number of hydrogen-bond acceptors (Lipinski definition) is 5. The van der Waals surface area contributed by atoms with E-state index in [4.69, 9.17) is 14.2 Å². The fourth-order valence-corrected chi connectivity index (χ4v) is 2.02. The van der Waals surface area contributed by atoms with E-state index >= 15 is 0 Å². The summed E-state index contributed by atoms with van der Waals surface area (Å²) >= 11 is 0. The first-order valence-corrected chi connectivity index (χ1v) is 6.42. The Hall–Kier alpha value is -2.56. The van der Waals surface area contributed by atoms with Gasteiger partial charge in [0, 0.05) is 12.6 Å². The minimum atomic E-state index is -0.111. The average molecular weight is 287 g/mol. The van der Waals surface area contributed by atoms with Gasteiger partial charge >= 0.3 is 0 Å². The molecule has 1 aromatic heterocycles. The Kier molecular flexibility index (Phi) is 4.77. The highest BCUT2D eigenvalue weighted by Gasteiger charge is 2.15. The first-order valence-electron chi connectivity index (χ1n) is 6.42. The molecule has 0 aliphatic heterocycles. The van der Waals surface area contributed by atoms with Gasteiger partial charge in [-0.25, -0.2) is 4.98 Å². The molecule has 0 radical (unpaired) electrons. The Morgan fingerprint density at radius 2 is 1.71 bits per heavy atom. The van der Waals surface area contributed by atoms with E-state index in [0.29, 0.717) is 22.9 Å². The van der Waals surface area contributed by atoms with Crippen molar-refractivity contribution < 1.29 is 19.0 Å². The first kappa shape index (κ1) is 14.8. The molecule has 110 valence electrons. The van der Waals surface area contributed by atoms with Crippen molar-refractivity contribution in [1.82, 2.24) is 4.98 Å². The number of nitrogens with zero attached hydrogens (tertiary/aromatic N) is 1. The lowest BCUT2D eigenvalue weighted by molar-refractivity contribution is 0.0985. The van der Waals surface area contributed by atoms with Gasteiger partial charge in [-0.05, 0) is 29.8 Å². The number of pyridine rings is 1. The lowest BCUT2D eigenvalue weighted by atomic mass is 10.1. The molecule has 1 aromatic carbocycles. The van der Waals surface area contributed by atoms with E-state index < -0.39 is 0 Å². The number of rotatable bonds is 6. The highest BCUT2D eigenvalue weighted by atomic mass is 16.5. The van der Waals surface area contributed by atoms with Crippen LogP contribution in [0.2, 0.25) is 0 Å². The third kappa shape index (κ3) is 3.31. The van der Waals surface area contributed by atoms with E-state index in [2.05, 4.69) is 4.98 Å². The molecule has 0 aliphatic carbocycles. The van der Waals surface area contributed by atoms with Crippen LogP contribution in [0.5, 0.6) is 17.2 Å². The molecular weight excluding hydrogens is 270 g/mol. The Labute approximate surface area is 123 Å². The summed E-state index contributed by atoms with van der Waals surface area (Å²) in [7, 11) is 4.65. The zero-order chi connectivity index (χ0) is 15.2. The van der Waals surface area contributed by atoms with Crippen molar-refractivity contribution in [1.29, 1.82) is 0 Å². The van der Waals surface area contributed by atoms with Crippen molar-refractivity contribution in [3.05, 3.63) is 47.8 Å². The fourth-order valence-electron chi connectivity index (χ4n) is 2.02. The second-order valence-electron chi connectivity index (χ2n) is 4.34. The molecule has 0 fully saturated rings. The highest BCUT2D eigenvalue weighted by molar-refractivity contribution is 5.98. The van der Waals surface area contributed by atoms with E-state index in [1.165, 1.54) is 7.11 Å². The molecule has 0 aliphatic rings. The van der Waals surface area contributed by atoms with Crippen LogP contribution in [0.4, 0.5) is 0 Å².